The highest BCUT2D eigenvalue weighted by atomic mass is 79.9. The van der Waals surface area contributed by atoms with Crippen LogP contribution < -0.4 is 10.6 Å². The van der Waals surface area contributed by atoms with E-state index in [2.05, 4.69) is 15.9 Å². The van der Waals surface area contributed by atoms with E-state index in [0.29, 0.717) is 12.3 Å². The number of nitrogens with two attached hydrogens (primary N) is 1. The molecule has 7 heteroatoms. The van der Waals surface area contributed by atoms with E-state index in [9.17, 15) is 8.42 Å². The van der Waals surface area contributed by atoms with Crippen LogP contribution in [0, 0.1) is 0 Å². The van der Waals surface area contributed by atoms with Crippen molar-refractivity contribution in [2.75, 3.05) is 28.7 Å². The number of hydrogen-bond acceptors (Lipinski definition) is 5. The van der Waals surface area contributed by atoms with Gasteiger partial charge in [-0.3, -0.25) is 0 Å². The summed E-state index contributed by atoms with van der Waals surface area (Å²) in [5, 5.41) is -0.429. The van der Waals surface area contributed by atoms with Crippen molar-refractivity contribution in [3.63, 3.8) is 0 Å². The fourth-order valence-electron chi connectivity index (χ4n) is 2.25. The van der Waals surface area contributed by atoms with Crippen LogP contribution in [0.25, 0.3) is 0 Å². The van der Waals surface area contributed by atoms with Gasteiger partial charge in [0, 0.05) is 40.5 Å². The highest BCUT2D eigenvalue weighted by Gasteiger charge is 2.33. The summed E-state index contributed by atoms with van der Waals surface area (Å²) in [5.41, 5.74) is 7.62. The molecule has 2 N–H and O–H groups in total. The fraction of sp³-hybridized carbons (Fsp3) is 0.538. The Morgan fingerprint density at radius 1 is 1.50 bits per heavy atom. The van der Waals surface area contributed by atoms with Gasteiger partial charge in [0.2, 0.25) is 0 Å². The van der Waals surface area contributed by atoms with E-state index in [4.69, 9.17) is 5.73 Å². The van der Waals surface area contributed by atoms with Crippen LogP contribution in [0.2, 0.25) is 0 Å². The summed E-state index contributed by atoms with van der Waals surface area (Å²) in [5.74, 6) is 1.76. The first-order valence-electron chi connectivity index (χ1n) is 6.54. The highest BCUT2D eigenvalue weighted by Crippen LogP contribution is 2.30. The quantitative estimate of drug-likeness (QED) is 0.869. The van der Waals surface area contributed by atoms with Gasteiger partial charge in [-0.15, -0.1) is 0 Å². The van der Waals surface area contributed by atoms with E-state index >= 15 is 0 Å². The average Bonchev–Trinajstić information content (AvgIpc) is 2.47. The smallest absolute Gasteiger partial charge is 0.171 e. The minimum atomic E-state index is -3.08. The summed E-state index contributed by atoms with van der Waals surface area (Å²) in [6, 6.07) is 5.88. The Labute approximate surface area is 133 Å². The average molecular weight is 379 g/mol. The van der Waals surface area contributed by atoms with Crippen LogP contribution in [-0.4, -0.2) is 37.6 Å². The van der Waals surface area contributed by atoms with Gasteiger partial charge in [0.1, 0.15) is 5.37 Å². The zero-order valence-corrected chi connectivity index (χ0v) is 14.6. The number of halogens is 1. The molecule has 112 valence electrons. The van der Waals surface area contributed by atoms with Crippen molar-refractivity contribution in [1.82, 2.24) is 0 Å². The second kappa shape index (κ2) is 6.68. The molecule has 1 aromatic rings. The topological polar surface area (TPSA) is 63.4 Å². The summed E-state index contributed by atoms with van der Waals surface area (Å²) in [6.07, 6.45) is 0. The number of nitrogens with zero attached hydrogens (tertiary/aromatic N) is 1. The van der Waals surface area contributed by atoms with Crippen molar-refractivity contribution in [3.8, 4) is 0 Å². The van der Waals surface area contributed by atoms with E-state index in [1.54, 1.807) is 18.7 Å². The molecular formula is C13H19BrN2O2S2. The Bertz CT molecular complexity index is 578. The molecule has 0 spiro atoms. The van der Waals surface area contributed by atoms with Crippen molar-refractivity contribution in [3.05, 3.63) is 28.2 Å². The summed E-state index contributed by atoms with van der Waals surface area (Å²) in [6.45, 7) is 2.93. The molecule has 1 aliphatic rings. The zero-order valence-electron chi connectivity index (χ0n) is 11.4. The van der Waals surface area contributed by atoms with Gasteiger partial charge in [-0.05, 0) is 17.7 Å². The predicted molar refractivity (Wildman–Crippen MR) is 90.0 cm³/mol. The third-order valence-corrected chi connectivity index (χ3v) is 7.52. The van der Waals surface area contributed by atoms with Crippen LogP contribution in [0.3, 0.4) is 0 Å². The molecule has 0 aliphatic carbocycles. The van der Waals surface area contributed by atoms with Crippen LogP contribution in [-0.2, 0) is 16.4 Å². The largest absolute Gasteiger partial charge is 0.353 e. The molecule has 1 atom stereocenters. The number of benzene rings is 1. The molecule has 20 heavy (non-hydrogen) atoms. The predicted octanol–water partition coefficient (Wildman–Crippen LogP) is 2.22. The second-order valence-electron chi connectivity index (χ2n) is 4.65. The summed E-state index contributed by atoms with van der Waals surface area (Å²) in [4.78, 5) is 2.00. The molecule has 0 bridgehead atoms. The van der Waals surface area contributed by atoms with Crippen LogP contribution in [0.1, 0.15) is 12.5 Å². The molecular weight excluding hydrogens is 360 g/mol. The first-order chi connectivity index (χ1) is 9.49. The minimum Gasteiger partial charge on any atom is -0.353 e. The number of rotatable bonds is 4. The Morgan fingerprint density at radius 2 is 2.25 bits per heavy atom. The van der Waals surface area contributed by atoms with Crippen molar-refractivity contribution >= 4 is 43.2 Å². The van der Waals surface area contributed by atoms with Crippen LogP contribution in [0.4, 0.5) is 5.69 Å². The molecule has 0 amide bonds. The lowest BCUT2D eigenvalue weighted by atomic mass is 10.2. The zero-order chi connectivity index (χ0) is 14.8. The Balaban J connectivity index is 2.35. The second-order valence-corrected chi connectivity index (χ2v) is 9.11. The standard InChI is InChI=1S/C13H19BrN2O2S2/c1-2-20(17,18)13-9-19-6-5-16(13)11-4-3-10(8-15)12(14)7-11/h3-4,7,13H,2,5-6,8-9,15H2,1H3. The molecule has 1 heterocycles. The molecule has 2 rings (SSSR count). The van der Waals surface area contributed by atoms with E-state index in [-0.39, 0.29) is 5.75 Å². The first kappa shape index (κ1) is 16.1. The van der Waals surface area contributed by atoms with Crippen LogP contribution in [0.5, 0.6) is 0 Å². The normalized spacial score (nSPS) is 20.1. The SMILES string of the molecule is CCS(=O)(=O)C1CSCCN1c1ccc(CN)c(Br)c1. The van der Waals surface area contributed by atoms with Gasteiger partial charge in [-0.25, -0.2) is 8.42 Å². The maximum atomic E-state index is 12.3. The Hall–Kier alpha value is -0.240. The van der Waals surface area contributed by atoms with Crippen molar-refractivity contribution < 1.29 is 8.42 Å². The lowest BCUT2D eigenvalue weighted by Crippen LogP contribution is -2.48. The minimum absolute atomic E-state index is 0.177. The van der Waals surface area contributed by atoms with Gasteiger partial charge in [0.15, 0.2) is 9.84 Å². The van der Waals surface area contributed by atoms with Crippen molar-refractivity contribution in [2.24, 2.45) is 5.73 Å². The maximum absolute atomic E-state index is 12.3. The summed E-state index contributed by atoms with van der Waals surface area (Å²) in [7, 11) is -3.08. The van der Waals surface area contributed by atoms with Gasteiger partial charge in [-0.1, -0.05) is 28.9 Å². The molecule has 4 nitrogen and oxygen atoms in total. The highest BCUT2D eigenvalue weighted by molar-refractivity contribution is 9.10. The number of anilines is 1. The van der Waals surface area contributed by atoms with Gasteiger partial charge in [0.25, 0.3) is 0 Å². The van der Waals surface area contributed by atoms with E-state index in [0.717, 1.165) is 28.0 Å². The molecule has 1 fully saturated rings. The Kier molecular flexibility index (Phi) is 5.39. The first-order valence-corrected chi connectivity index (χ1v) is 10.2. The van der Waals surface area contributed by atoms with E-state index in [1.807, 2.05) is 23.1 Å². The molecule has 1 aliphatic heterocycles. The van der Waals surface area contributed by atoms with E-state index < -0.39 is 15.2 Å². The van der Waals surface area contributed by atoms with Gasteiger partial charge >= 0.3 is 0 Å². The van der Waals surface area contributed by atoms with E-state index in [1.165, 1.54) is 0 Å². The van der Waals surface area contributed by atoms with Crippen molar-refractivity contribution in [2.45, 2.75) is 18.8 Å². The van der Waals surface area contributed by atoms with Gasteiger partial charge in [0.05, 0.1) is 0 Å². The van der Waals surface area contributed by atoms with Crippen LogP contribution in [0.15, 0.2) is 22.7 Å². The molecule has 0 saturated carbocycles. The third-order valence-electron chi connectivity index (χ3n) is 3.49. The third kappa shape index (κ3) is 3.32. The fourth-order valence-corrected chi connectivity index (χ4v) is 5.77. The summed E-state index contributed by atoms with van der Waals surface area (Å²) >= 11 is 5.20. The molecule has 0 aromatic heterocycles. The summed E-state index contributed by atoms with van der Waals surface area (Å²) < 4.78 is 25.5. The maximum Gasteiger partial charge on any atom is 0.171 e. The van der Waals surface area contributed by atoms with Crippen molar-refractivity contribution in [1.29, 1.82) is 0 Å². The van der Waals surface area contributed by atoms with Gasteiger partial charge < -0.3 is 10.6 Å². The Morgan fingerprint density at radius 3 is 2.85 bits per heavy atom. The molecule has 1 saturated heterocycles. The molecule has 1 aromatic carbocycles. The number of hydrogen-bond donors (Lipinski definition) is 1. The molecule has 1 unspecified atom stereocenters. The van der Waals surface area contributed by atoms with Crippen LogP contribution >= 0.6 is 27.7 Å². The lowest BCUT2D eigenvalue weighted by molar-refractivity contribution is 0.579. The monoisotopic (exact) mass is 378 g/mol. The lowest BCUT2D eigenvalue weighted by Gasteiger charge is -2.36. The molecule has 0 radical (unpaired) electrons. The number of thioether (sulfide) groups is 1. The van der Waals surface area contributed by atoms with Gasteiger partial charge in [-0.2, -0.15) is 11.8 Å². The number of sulfone groups is 1.